The van der Waals surface area contributed by atoms with Gasteiger partial charge in [0.05, 0.1) is 19.8 Å². The number of rotatable bonds is 43. The van der Waals surface area contributed by atoms with Gasteiger partial charge in [-0.3, -0.25) is 9.59 Å². The van der Waals surface area contributed by atoms with Crippen molar-refractivity contribution in [1.29, 1.82) is 0 Å². The van der Waals surface area contributed by atoms with E-state index in [1.54, 1.807) is 0 Å². The van der Waals surface area contributed by atoms with E-state index >= 15 is 0 Å². The fourth-order valence-electron chi connectivity index (χ4n) is 8.48. The molecular weight excluding hydrogens is 913 g/mol. The molecule has 2 fully saturated rings. The maximum absolute atomic E-state index is 13.0. The second-order valence-electron chi connectivity index (χ2n) is 19.4. The van der Waals surface area contributed by atoms with Gasteiger partial charge in [-0.2, -0.15) is 0 Å². The number of ether oxygens (including phenoxy) is 6. The molecule has 0 saturated carbocycles. The van der Waals surface area contributed by atoms with E-state index in [9.17, 15) is 45.3 Å². The molecule has 2 aliphatic rings. The summed E-state index contributed by atoms with van der Waals surface area (Å²) < 4.78 is 33.5. The molecule has 0 spiro atoms. The van der Waals surface area contributed by atoms with Gasteiger partial charge in [-0.15, -0.1) is 0 Å². The molecule has 0 amide bonds. The van der Waals surface area contributed by atoms with Gasteiger partial charge in [-0.25, -0.2) is 0 Å². The molecule has 2 aliphatic heterocycles. The smallest absolute Gasteiger partial charge is 0.306 e. The minimum atomic E-state index is -1.78. The molecule has 412 valence electrons. The van der Waals surface area contributed by atoms with E-state index in [-0.39, 0.29) is 19.4 Å². The van der Waals surface area contributed by atoms with Crippen molar-refractivity contribution in [3.05, 3.63) is 48.6 Å². The molecule has 71 heavy (non-hydrogen) atoms. The minimum absolute atomic E-state index is 0.0566. The summed E-state index contributed by atoms with van der Waals surface area (Å²) in [4.78, 5) is 25.8. The molecule has 0 radical (unpaired) electrons. The van der Waals surface area contributed by atoms with Crippen molar-refractivity contribution < 1.29 is 73.8 Å². The summed E-state index contributed by atoms with van der Waals surface area (Å²) >= 11 is 0. The zero-order chi connectivity index (χ0) is 51.7. The summed E-state index contributed by atoms with van der Waals surface area (Å²) in [7, 11) is 0. The van der Waals surface area contributed by atoms with Crippen LogP contribution in [0, 0.1) is 0 Å². The van der Waals surface area contributed by atoms with Crippen LogP contribution in [0.1, 0.15) is 200 Å². The molecule has 0 aromatic carbocycles. The Morgan fingerprint density at radius 2 is 0.873 bits per heavy atom. The lowest BCUT2D eigenvalue weighted by Crippen LogP contribution is -2.61. The highest BCUT2D eigenvalue weighted by molar-refractivity contribution is 5.70. The summed E-state index contributed by atoms with van der Waals surface area (Å²) in [5, 5.41) is 72.1. The first kappa shape index (κ1) is 64.6. The zero-order valence-electron chi connectivity index (χ0n) is 43.7. The van der Waals surface area contributed by atoms with Crippen molar-refractivity contribution in [3.8, 4) is 0 Å². The summed E-state index contributed by atoms with van der Waals surface area (Å²) in [6.45, 7) is 2.52. The van der Waals surface area contributed by atoms with Gasteiger partial charge in [-0.05, 0) is 64.2 Å². The summed E-state index contributed by atoms with van der Waals surface area (Å²) in [6.07, 6.45) is 31.6. The van der Waals surface area contributed by atoms with Crippen LogP contribution in [-0.2, 0) is 38.0 Å². The van der Waals surface area contributed by atoms with Crippen LogP contribution in [0.2, 0.25) is 0 Å². The van der Waals surface area contributed by atoms with Gasteiger partial charge < -0.3 is 64.2 Å². The summed E-state index contributed by atoms with van der Waals surface area (Å²) in [6, 6.07) is 0. The highest BCUT2D eigenvalue weighted by Crippen LogP contribution is 2.26. The fourth-order valence-corrected chi connectivity index (χ4v) is 8.48. The Kier molecular flexibility index (Phi) is 38.9. The highest BCUT2D eigenvalue weighted by Gasteiger charge is 2.47. The lowest BCUT2D eigenvalue weighted by Gasteiger charge is -2.42. The number of aliphatic hydroxyl groups is 7. The molecule has 2 rings (SSSR count). The molecule has 5 unspecified atom stereocenters. The molecule has 0 aliphatic carbocycles. The van der Waals surface area contributed by atoms with Crippen molar-refractivity contribution in [2.24, 2.45) is 0 Å². The van der Waals surface area contributed by atoms with Gasteiger partial charge in [0.1, 0.15) is 55.4 Å². The van der Waals surface area contributed by atoms with Crippen LogP contribution in [0.25, 0.3) is 0 Å². The Balaban J connectivity index is 1.77. The molecule has 15 nitrogen and oxygen atoms in total. The summed E-state index contributed by atoms with van der Waals surface area (Å²) in [5.41, 5.74) is 0. The molecular formula is C56H98O15. The molecule has 15 heteroatoms. The third kappa shape index (κ3) is 30.4. The first-order valence-electron chi connectivity index (χ1n) is 27.7. The van der Waals surface area contributed by atoms with Crippen molar-refractivity contribution in [2.75, 3.05) is 26.4 Å². The second-order valence-corrected chi connectivity index (χ2v) is 19.4. The van der Waals surface area contributed by atoms with Crippen molar-refractivity contribution in [2.45, 2.75) is 268 Å². The third-order valence-corrected chi connectivity index (χ3v) is 13.0. The number of hydrogen-bond acceptors (Lipinski definition) is 15. The first-order valence-corrected chi connectivity index (χ1v) is 27.7. The number of hydrogen-bond donors (Lipinski definition) is 7. The van der Waals surface area contributed by atoms with E-state index in [0.29, 0.717) is 12.8 Å². The van der Waals surface area contributed by atoms with E-state index in [1.807, 2.05) is 12.2 Å². The number of esters is 2. The molecule has 7 N–H and O–H groups in total. The van der Waals surface area contributed by atoms with Crippen LogP contribution in [0.3, 0.4) is 0 Å². The fraction of sp³-hybridized carbons (Fsp3) is 0.821. The molecule has 0 aromatic rings. The van der Waals surface area contributed by atoms with E-state index in [0.717, 1.165) is 51.4 Å². The maximum atomic E-state index is 13.0. The summed E-state index contributed by atoms with van der Waals surface area (Å²) in [5.74, 6) is -1.01. The molecule has 2 heterocycles. The first-order chi connectivity index (χ1) is 34.5. The van der Waals surface area contributed by atoms with Gasteiger partial charge >= 0.3 is 11.9 Å². The van der Waals surface area contributed by atoms with Crippen LogP contribution in [-0.4, -0.2) is 142 Å². The van der Waals surface area contributed by atoms with Gasteiger partial charge in [0.25, 0.3) is 0 Å². The average molecular weight is 1010 g/mol. The van der Waals surface area contributed by atoms with E-state index in [4.69, 9.17) is 28.4 Å². The van der Waals surface area contributed by atoms with Gasteiger partial charge in [0.15, 0.2) is 18.7 Å². The standard InChI is InChI=1S/C56H98O15/c1-3-5-7-9-11-13-15-17-18-19-20-21-22-23-24-25-27-28-30-32-34-36-38-47(58)66-41-44(69-48(59)39-37-35-33-31-29-26-16-14-12-10-8-6-4-2)42-67-55-54(65)52(63)50(61)46(71-55)43-68-56-53(64)51(62)49(60)45(40-57)70-56/h19-20,22-23,26,29,33,35,44-46,49-57,60-65H,3-18,21,24-25,27-28,30-32,34,36-43H2,1-2H3/b20-19+,23-22+,29-26+,35-33+/t44?,45-,46-,49+,50+,51?,52?,53?,54?,55-,56-/m1/s1. The number of unbranched alkanes of at least 4 members (excludes halogenated alkanes) is 21. The Morgan fingerprint density at radius 3 is 1.37 bits per heavy atom. The topological polar surface area (TPSA) is 231 Å². The maximum Gasteiger partial charge on any atom is 0.306 e. The molecule has 0 aromatic heterocycles. The van der Waals surface area contributed by atoms with E-state index in [2.05, 4.69) is 50.3 Å². The number of carbonyl (C=O) groups excluding carboxylic acids is 2. The van der Waals surface area contributed by atoms with Crippen LogP contribution in [0.15, 0.2) is 48.6 Å². The zero-order valence-corrected chi connectivity index (χ0v) is 43.7. The number of aliphatic hydroxyl groups excluding tert-OH is 7. The lowest BCUT2D eigenvalue weighted by atomic mass is 9.98. The quantitative estimate of drug-likeness (QED) is 0.0172. The van der Waals surface area contributed by atoms with Gasteiger partial charge in [-0.1, -0.05) is 172 Å². The van der Waals surface area contributed by atoms with Gasteiger partial charge in [0.2, 0.25) is 0 Å². The SMILES string of the molecule is CCCCCCCC/C=C/C/C=C/CCC(=O)OC(COC(=O)CCCCCCCCC/C=C/C/C=C/CCCCCCCCCC)CO[C@@H]1O[C@H](CO[C@@H]2O[C@H](CO)[C@H](O)C(O)C2O)[C@H](O)C(O)C1O. The van der Waals surface area contributed by atoms with Crippen molar-refractivity contribution in [1.82, 2.24) is 0 Å². The molecule has 2 saturated heterocycles. The second kappa shape index (κ2) is 42.8. The van der Waals surface area contributed by atoms with Gasteiger partial charge in [0, 0.05) is 12.8 Å². The van der Waals surface area contributed by atoms with Crippen molar-refractivity contribution >= 4 is 11.9 Å². The molecule has 0 bridgehead atoms. The molecule has 11 atom stereocenters. The predicted octanol–water partition coefficient (Wildman–Crippen LogP) is 8.66. The Labute approximate surface area is 427 Å². The normalized spacial score (nSPS) is 25.5. The van der Waals surface area contributed by atoms with Crippen LogP contribution in [0.5, 0.6) is 0 Å². The van der Waals surface area contributed by atoms with Crippen molar-refractivity contribution in [3.63, 3.8) is 0 Å². The third-order valence-electron chi connectivity index (χ3n) is 13.0. The minimum Gasteiger partial charge on any atom is -0.462 e. The Morgan fingerprint density at radius 1 is 0.451 bits per heavy atom. The number of allylic oxidation sites excluding steroid dienone is 8. The monoisotopic (exact) mass is 1010 g/mol. The van der Waals surface area contributed by atoms with E-state index < -0.39 is 99.3 Å². The number of carbonyl (C=O) groups is 2. The lowest BCUT2D eigenvalue weighted by molar-refractivity contribution is -0.332. The van der Waals surface area contributed by atoms with Crippen LogP contribution < -0.4 is 0 Å². The largest absolute Gasteiger partial charge is 0.462 e. The van der Waals surface area contributed by atoms with Crippen LogP contribution in [0.4, 0.5) is 0 Å². The van der Waals surface area contributed by atoms with Crippen LogP contribution >= 0.6 is 0 Å². The Hall–Kier alpha value is -2.54. The average Bonchev–Trinajstić information content (AvgIpc) is 3.36. The Bertz CT molecular complexity index is 1420. The van der Waals surface area contributed by atoms with E-state index in [1.165, 1.54) is 109 Å². The predicted molar refractivity (Wildman–Crippen MR) is 275 cm³/mol. The highest BCUT2D eigenvalue weighted by atomic mass is 16.7.